The molecule has 14 heavy (non-hydrogen) atoms. The van der Waals surface area contributed by atoms with Crippen LogP contribution >= 0.6 is 11.3 Å². The predicted molar refractivity (Wildman–Crippen MR) is 59.2 cm³/mol. The van der Waals surface area contributed by atoms with Gasteiger partial charge in [-0.15, -0.1) is 0 Å². The van der Waals surface area contributed by atoms with Gasteiger partial charge in [0, 0.05) is 24.2 Å². The zero-order valence-electron chi connectivity index (χ0n) is 8.32. The van der Waals surface area contributed by atoms with Crippen molar-refractivity contribution in [3.8, 4) is 0 Å². The minimum Gasteiger partial charge on any atom is -0.353 e. The summed E-state index contributed by atoms with van der Waals surface area (Å²) in [6.07, 6.45) is 3.64. The van der Waals surface area contributed by atoms with E-state index < -0.39 is 0 Å². The van der Waals surface area contributed by atoms with Crippen LogP contribution in [0, 0.1) is 6.92 Å². The Balaban J connectivity index is 2.29. The highest BCUT2D eigenvalue weighted by atomic mass is 32.1. The Kier molecular flexibility index (Phi) is 2.82. The molecular formula is C10H14N2OS. The van der Waals surface area contributed by atoms with E-state index in [1.54, 1.807) is 0 Å². The molecule has 1 aromatic heterocycles. The zero-order chi connectivity index (χ0) is 9.97. The van der Waals surface area contributed by atoms with Gasteiger partial charge in [0.1, 0.15) is 0 Å². The molecule has 0 aliphatic carbocycles. The van der Waals surface area contributed by atoms with E-state index in [9.17, 15) is 4.79 Å². The quantitative estimate of drug-likeness (QED) is 0.708. The van der Waals surface area contributed by atoms with Crippen LogP contribution in [0.2, 0.25) is 0 Å². The summed E-state index contributed by atoms with van der Waals surface area (Å²) in [5.74, 6) is 0.662. The van der Waals surface area contributed by atoms with E-state index in [-0.39, 0.29) is 4.74 Å². The van der Waals surface area contributed by atoms with Crippen molar-refractivity contribution in [3.63, 3.8) is 0 Å². The fraction of sp³-hybridized carbons (Fsp3) is 0.600. The first-order valence-electron chi connectivity index (χ1n) is 4.99. The number of aryl methyl sites for hydroxylation is 1. The van der Waals surface area contributed by atoms with Gasteiger partial charge < -0.3 is 4.90 Å². The van der Waals surface area contributed by atoms with Crippen molar-refractivity contribution >= 4 is 17.2 Å². The van der Waals surface area contributed by atoms with Gasteiger partial charge in [0.05, 0.1) is 0 Å². The van der Waals surface area contributed by atoms with Crippen molar-refractivity contribution in [1.82, 2.24) is 4.98 Å². The maximum Gasteiger partial charge on any atom is 0.274 e. The fourth-order valence-corrected chi connectivity index (χ4v) is 2.35. The summed E-state index contributed by atoms with van der Waals surface area (Å²) >= 11 is 1.25. The summed E-state index contributed by atoms with van der Waals surface area (Å²) in [7, 11) is 0. The third-order valence-corrected chi connectivity index (χ3v) is 3.31. The summed E-state index contributed by atoms with van der Waals surface area (Å²) in [5.41, 5.74) is 0.940. The Morgan fingerprint density at radius 1 is 1.36 bits per heavy atom. The minimum absolute atomic E-state index is 0.0949. The Morgan fingerprint density at radius 3 is 2.79 bits per heavy atom. The van der Waals surface area contributed by atoms with Gasteiger partial charge in [-0.05, 0) is 26.2 Å². The first kappa shape index (κ1) is 9.65. The third kappa shape index (κ3) is 1.95. The Bertz CT molecular complexity index is 369. The molecule has 0 spiro atoms. The number of hydrogen-bond donors (Lipinski definition) is 0. The molecule has 0 atom stereocenters. The predicted octanol–water partition coefficient (Wildman–Crippen LogP) is 1.80. The van der Waals surface area contributed by atoms with Crippen LogP contribution < -0.4 is 9.64 Å². The molecule has 0 aromatic carbocycles. The van der Waals surface area contributed by atoms with Crippen LogP contribution in [-0.4, -0.2) is 18.1 Å². The lowest BCUT2D eigenvalue weighted by atomic mass is 10.1. The molecule has 0 amide bonds. The Labute approximate surface area is 87.4 Å². The van der Waals surface area contributed by atoms with E-state index in [1.165, 1.54) is 30.6 Å². The van der Waals surface area contributed by atoms with Gasteiger partial charge in [0.25, 0.3) is 4.74 Å². The zero-order valence-corrected chi connectivity index (χ0v) is 9.14. The molecule has 0 radical (unpaired) electrons. The van der Waals surface area contributed by atoms with Crippen LogP contribution in [0.4, 0.5) is 5.82 Å². The van der Waals surface area contributed by atoms with Crippen molar-refractivity contribution in [2.75, 3.05) is 18.0 Å². The van der Waals surface area contributed by atoms with Gasteiger partial charge >= 0.3 is 0 Å². The van der Waals surface area contributed by atoms with E-state index in [0.717, 1.165) is 18.8 Å². The van der Waals surface area contributed by atoms with Crippen molar-refractivity contribution in [2.45, 2.75) is 26.2 Å². The Hall–Kier alpha value is -0.900. The molecule has 0 saturated carbocycles. The maximum atomic E-state index is 11.6. The molecular weight excluding hydrogens is 196 g/mol. The highest BCUT2D eigenvalue weighted by Gasteiger charge is 2.15. The summed E-state index contributed by atoms with van der Waals surface area (Å²) < 4.78 is 0.0949. The molecule has 0 unspecified atom stereocenters. The molecule has 1 saturated heterocycles. The molecule has 0 bridgehead atoms. The van der Waals surface area contributed by atoms with Gasteiger partial charge in [-0.25, -0.2) is 4.98 Å². The largest absolute Gasteiger partial charge is 0.353 e. The number of hydrogen-bond acceptors (Lipinski definition) is 4. The van der Waals surface area contributed by atoms with E-state index >= 15 is 0 Å². The van der Waals surface area contributed by atoms with Crippen LogP contribution in [0.5, 0.6) is 0 Å². The van der Waals surface area contributed by atoms with Gasteiger partial charge in [0.2, 0.25) is 0 Å². The number of rotatable bonds is 1. The maximum absolute atomic E-state index is 11.6. The molecule has 1 aromatic rings. The van der Waals surface area contributed by atoms with Crippen molar-refractivity contribution in [2.24, 2.45) is 0 Å². The van der Waals surface area contributed by atoms with Gasteiger partial charge in [-0.3, -0.25) is 4.79 Å². The normalized spacial score (nSPS) is 17.1. The Morgan fingerprint density at radius 2 is 2.07 bits per heavy atom. The van der Waals surface area contributed by atoms with Crippen molar-refractivity contribution in [1.29, 1.82) is 0 Å². The number of aromatic nitrogens is 1. The molecule has 2 heterocycles. The van der Waals surface area contributed by atoms with Crippen LogP contribution in [0.3, 0.4) is 0 Å². The second-order valence-corrected chi connectivity index (χ2v) is 4.49. The fourth-order valence-electron chi connectivity index (χ4n) is 1.74. The summed E-state index contributed by atoms with van der Waals surface area (Å²) in [5, 5.41) is 1.82. The van der Waals surface area contributed by atoms with Gasteiger partial charge in [-0.2, -0.15) is 0 Å². The van der Waals surface area contributed by atoms with Crippen molar-refractivity contribution in [3.05, 3.63) is 20.6 Å². The van der Waals surface area contributed by atoms with Crippen LogP contribution in [0.15, 0.2) is 10.2 Å². The molecule has 2 rings (SSSR count). The number of nitrogens with zero attached hydrogens (tertiary/aromatic N) is 2. The molecule has 1 aliphatic rings. The lowest BCUT2D eigenvalue weighted by Crippen LogP contribution is -2.33. The van der Waals surface area contributed by atoms with Crippen LogP contribution in [0.25, 0.3) is 0 Å². The lowest BCUT2D eigenvalue weighted by molar-refractivity contribution is 0.572. The number of piperidine rings is 1. The summed E-state index contributed by atoms with van der Waals surface area (Å²) in [6, 6.07) is 0. The highest BCUT2D eigenvalue weighted by Crippen LogP contribution is 2.15. The molecule has 4 heteroatoms. The molecule has 0 N–H and O–H groups in total. The second kappa shape index (κ2) is 4.09. The molecule has 1 fully saturated rings. The van der Waals surface area contributed by atoms with Crippen LogP contribution in [0.1, 0.15) is 25.0 Å². The minimum atomic E-state index is 0.0949. The third-order valence-electron chi connectivity index (χ3n) is 2.46. The number of anilines is 1. The molecule has 76 valence electrons. The SMILES string of the molecule is Cc1csc(=O)c(N2CCCCC2)n1. The van der Waals surface area contributed by atoms with E-state index in [1.807, 2.05) is 12.3 Å². The van der Waals surface area contributed by atoms with Gasteiger partial charge in [0.15, 0.2) is 5.82 Å². The monoisotopic (exact) mass is 210 g/mol. The van der Waals surface area contributed by atoms with E-state index in [2.05, 4.69) is 9.88 Å². The van der Waals surface area contributed by atoms with E-state index in [4.69, 9.17) is 0 Å². The first-order valence-corrected chi connectivity index (χ1v) is 5.87. The second-order valence-electron chi connectivity index (χ2n) is 3.65. The average Bonchev–Trinajstić information content (AvgIpc) is 2.23. The molecule has 3 nitrogen and oxygen atoms in total. The van der Waals surface area contributed by atoms with Crippen LogP contribution in [-0.2, 0) is 0 Å². The van der Waals surface area contributed by atoms with Crippen molar-refractivity contribution < 1.29 is 0 Å². The average molecular weight is 210 g/mol. The standard InChI is InChI=1S/C10H14N2OS/c1-8-7-14-10(13)9(11-8)12-5-3-2-4-6-12/h7H,2-6H2,1H3. The first-order chi connectivity index (χ1) is 6.77. The highest BCUT2D eigenvalue weighted by molar-refractivity contribution is 7.07. The molecule has 1 aliphatic heterocycles. The summed E-state index contributed by atoms with van der Waals surface area (Å²) in [4.78, 5) is 18.0. The topological polar surface area (TPSA) is 33.2 Å². The smallest absolute Gasteiger partial charge is 0.274 e. The van der Waals surface area contributed by atoms with E-state index in [0.29, 0.717) is 5.82 Å². The lowest BCUT2D eigenvalue weighted by Gasteiger charge is -2.26. The summed E-state index contributed by atoms with van der Waals surface area (Å²) in [6.45, 7) is 3.90. The van der Waals surface area contributed by atoms with Gasteiger partial charge in [-0.1, -0.05) is 11.3 Å².